The van der Waals surface area contributed by atoms with Gasteiger partial charge in [0, 0.05) is 6.42 Å². The summed E-state index contributed by atoms with van der Waals surface area (Å²) in [6.45, 7) is 13.0. The lowest BCUT2D eigenvalue weighted by atomic mass is 9.67. The average molecular weight is 401 g/mol. The molecule has 0 heterocycles. The summed E-state index contributed by atoms with van der Waals surface area (Å²) < 4.78 is 21.6. The van der Waals surface area contributed by atoms with Gasteiger partial charge in [0.25, 0.3) is 0 Å². The van der Waals surface area contributed by atoms with Gasteiger partial charge in [-0.1, -0.05) is 0 Å². The number of ether oxygens (including phenoxy) is 3. The minimum absolute atomic E-state index is 0.0438. The van der Waals surface area contributed by atoms with Gasteiger partial charge in [0.05, 0.1) is 25.4 Å². The van der Waals surface area contributed by atoms with Crippen LogP contribution in [0.1, 0.15) is 40.5 Å². The fourth-order valence-electron chi connectivity index (χ4n) is 2.97. The van der Waals surface area contributed by atoms with E-state index in [2.05, 4.69) is 0 Å². The standard InChI is InChI=1S/C19H32O7Si/c1-9-24-15(20)14-12-13(26-27(6,7)8)10-11-19(14,16(21)23-5)17(22)25-18(2,3)4/h10,14H,9,11-12H2,1-8H3/t14-,19-/m1/s1. The second-order valence-corrected chi connectivity index (χ2v) is 13.0. The van der Waals surface area contributed by atoms with Gasteiger partial charge in [-0.25, -0.2) is 0 Å². The largest absolute Gasteiger partial charge is 0.548 e. The first kappa shape index (κ1) is 23.2. The Morgan fingerprint density at radius 3 is 2.22 bits per heavy atom. The van der Waals surface area contributed by atoms with Gasteiger partial charge in [-0.2, -0.15) is 0 Å². The number of rotatable bonds is 6. The Morgan fingerprint density at radius 1 is 1.19 bits per heavy atom. The molecule has 0 amide bonds. The van der Waals surface area contributed by atoms with Gasteiger partial charge in [-0.3, -0.25) is 14.4 Å². The molecule has 0 aromatic carbocycles. The first-order chi connectivity index (χ1) is 12.3. The van der Waals surface area contributed by atoms with E-state index in [1.54, 1.807) is 33.8 Å². The maximum atomic E-state index is 13.1. The van der Waals surface area contributed by atoms with E-state index >= 15 is 0 Å². The van der Waals surface area contributed by atoms with Crippen LogP contribution in [0.2, 0.25) is 19.6 Å². The maximum absolute atomic E-state index is 13.1. The number of carbonyl (C=O) groups is 3. The summed E-state index contributed by atoms with van der Waals surface area (Å²) >= 11 is 0. The van der Waals surface area contributed by atoms with Crippen molar-refractivity contribution >= 4 is 26.2 Å². The highest BCUT2D eigenvalue weighted by Gasteiger charge is 2.60. The molecular weight excluding hydrogens is 368 g/mol. The molecule has 0 saturated heterocycles. The van der Waals surface area contributed by atoms with Crippen molar-refractivity contribution in [3.63, 3.8) is 0 Å². The molecule has 1 aliphatic rings. The van der Waals surface area contributed by atoms with Crippen molar-refractivity contribution in [3.05, 3.63) is 11.8 Å². The SMILES string of the molecule is CCOC(=O)[C@H]1CC(O[Si](C)(C)C)=CC[C@@]1(C(=O)OC)C(=O)OC(C)(C)C. The highest BCUT2D eigenvalue weighted by atomic mass is 28.4. The molecule has 0 fully saturated rings. The zero-order valence-electron chi connectivity index (χ0n) is 17.6. The normalized spacial score (nSPS) is 23.1. The maximum Gasteiger partial charge on any atom is 0.325 e. The number of esters is 3. The monoisotopic (exact) mass is 400 g/mol. The second kappa shape index (κ2) is 8.46. The molecule has 1 rings (SSSR count). The molecule has 0 N–H and O–H groups in total. The van der Waals surface area contributed by atoms with E-state index in [-0.39, 0.29) is 19.4 Å². The molecule has 1 aliphatic carbocycles. The molecule has 0 aromatic rings. The van der Waals surface area contributed by atoms with Crippen LogP contribution < -0.4 is 0 Å². The topological polar surface area (TPSA) is 88.1 Å². The van der Waals surface area contributed by atoms with Crippen LogP contribution in [-0.4, -0.2) is 45.5 Å². The van der Waals surface area contributed by atoms with Gasteiger partial charge >= 0.3 is 17.9 Å². The van der Waals surface area contributed by atoms with Gasteiger partial charge in [0.2, 0.25) is 8.32 Å². The zero-order chi connectivity index (χ0) is 21.0. The van der Waals surface area contributed by atoms with E-state index in [1.807, 2.05) is 19.6 Å². The molecule has 0 bridgehead atoms. The molecule has 8 heteroatoms. The van der Waals surface area contributed by atoms with Crippen LogP contribution in [0.3, 0.4) is 0 Å². The number of allylic oxidation sites excluding steroid dienone is 2. The van der Waals surface area contributed by atoms with Crippen molar-refractivity contribution in [1.82, 2.24) is 0 Å². The van der Waals surface area contributed by atoms with E-state index in [0.29, 0.717) is 5.76 Å². The van der Waals surface area contributed by atoms with Gasteiger partial charge in [0.15, 0.2) is 5.41 Å². The third-order valence-electron chi connectivity index (χ3n) is 3.97. The molecule has 0 radical (unpaired) electrons. The Labute approximate surface area is 162 Å². The van der Waals surface area contributed by atoms with Crippen LogP contribution in [0.4, 0.5) is 0 Å². The highest BCUT2D eigenvalue weighted by Crippen LogP contribution is 2.45. The van der Waals surface area contributed by atoms with E-state index < -0.39 is 43.2 Å². The molecule has 7 nitrogen and oxygen atoms in total. The van der Waals surface area contributed by atoms with E-state index in [9.17, 15) is 14.4 Å². The van der Waals surface area contributed by atoms with Gasteiger partial charge < -0.3 is 18.6 Å². The van der Waals surface area contributed by atoms with Crippen molar-refractivity contribution in [2.45, 2.75) is 65.8 Å². The fraction of sp³-hybridized carbons (Fsp3) is 0.737. The van der Waals surface area contributed by atoms with Crippen LogP contribution in [0.25, 0.3) is 0 Å². The van der Waals surface area contributed by atoms with Crippen LogP contribution in [0, 0.1) is 11.3 Å². The average Bonchev–Trinajstić information content (AvgIpc) is 2.51. The Bertz CT molecular complexity index is 613. The van der Waals surface area contributed by atoms with Gasteiger partial charge in [0.1, 0.15) is 5.60 Å². The number of hydrogen-bond acceptors (Lipinski definition) is 7. The summed E-state index contributed by atoms with van der Waals surface area (Å²) in [7, 11) is -0.739. The van der Waals surface area contributed by atoms with E-state index in [1.165, 1.54) is 7.11 Å². The van der Waals surface area contributed by atoms with Crippen molar-refractivity contribution in [3.8, 4) is 0 Å². The quantitative estimate of drug-likeness (QED) is 0.293. The molecule has 0 unspecified atom stereocenters. The number of methoxy groups -OCH3 is 1. The van der Waals surface area contributed by atoms with Gasteiger partial charge in [-0.05, 0) is 59.8 Å². The summed E-state index contributed by atoms with van der Waals surface area (Å²) in [4.78, 5) is 38.5. The second-order valence-electron chi connectivity index (χ2n) is 8.56. The molecule has 0 aliphatic heterocycles. The minimum atomic E-state index is -1.93. The minimum Gasteiger partial charge on any atom is -0.548 e. The predicted molar refractivity (Wildman–Crippen MR) is 102 cm³/mol. The number of carbonyl (C=O) groups excluding carboxylic acids is 3. The summed E-state index contributed by atoms with van der Waals surface area (Å²) in [5, 5.41) is 0. The Morgan fingerprint density at radius 2 is 1.78 bits per heavy atom. The summed E-state index contributed by atoms with van der Waals surface area (Å²) in [6, 6.07) is 0. The molecule has 0 spiro atoms. The molecule has 27 heavy (non-hydrogen) atoms. The Hall–Kier alpha value is -1.83. The lowest BCUT2D eigenvalue weighted by Crippen LogP contribution is -2.53. The summed E-state index contributed by atoms with van der Waals surface area (Å²) in [6.07, 6.45) is 1.73. The Kier molecular flexibility index (Phi) is 7.27. The molecule has 0 saturated carbocycles. The summed E-state index contributed by atoms with van der Waals surface area (Å²) in [5.41, 5.74) is -2.61. The van der Waals surface area contributed by atoms with Crippen molar-refractivity contribution in [1.29, 1.82) is 0 Å². The van der Waals surface area contributed by atoms with Crippen LogP contribution >= 0.6 is 0 Å². The van der Waals surface area contributed by atoms with Crippen LogP contribution in [0.5, 0.6) is 0 Å². The van der Waals surface area contributed by atoms with Crippen molar-refractivity contribution in [2.75, 3.05) is 13.7 Å². The highest BCUT2D eigenvalue weighted by molar-refractivity contribution is 6.70. The Balaban J connectivity index is 3.43. The first-order valence-corrected chi connectivity index (χ1v) is 12.5. The first-order valence-electron chi connectivity index (χ1n) is 9.13. The van der Waals surface area contributed by atoms with Crippen molar-refractivity contribution < 1.29 is 33.0 Å². The van der Waals surface area contributed by atoms with Crippen molar-refractivity contribution in [2.24, 2.45) is 11.3 Å². The third kappa shape index (κ3) is 5.82. The molecule has 0 aromatic heterocycles. The molecule has 2 atom stereocenters. The smallest absolute Gasteiger partial charge is 0.325 e. The third-order valence-corrected chi connectivity index (χ3v) is 4.85. The van der Waals surface area contributed by atoms with E-state index in [0.717, 1.165) is 0 Å². The lowest BCUT2D eigenvalue weighted by molar-refractivity contribution is -0.189. The molecular formula is C19H32O7Si. The molecule has 154 valence electrons. The lowest BCUT2D eigenvalue weighted by Gasteiger charge is -2.39. The fourth-order valence-corrected chi connectivity index (χ4v) is 3.92. The van der Waals surface area contributed by atoms with Crippen LogP contribution in [0.15, 0.2) is 11.8 Å². The van der Waals surface area contributed by atoms with Crippen LogP contribution in [-0.2, 0) is 33.0 Å². The van der Waals surface area contributed by atoms with Gasteiger partial charge in [-0.15, -0.1) is 0 Å². The number of hydrogen-bond donors (Lipinski definition) is 0. The zero-order valence-corrected chi connectivity index (χ0v) is 18.6. The van der Waals surface area contributed by atoms with E-state index in [4.69, 9.17) is 18.6 Å². The summed E-state index contributed by atoms with van der Waals surface area (Å²) in [5.74, 6) is -2.72. The predicted octanol–water partition coefficient (Wildman–Crippen LogP) is 3.20.